The van der Waals surface area contributed by atoms with E-state index in [1.54, 1.807) is 0 Å². The quantitative estimate of drug-likeness (QED) is 0.664. The molecule has 2 aromatic heterocycles. The molecule has 0 fully saturated rings. The molecule has 0 N–H and O–H groups in total. The average molecular weight is 307 g/mol. The van der Waals surface area contributed by atoms with Crippen molar-refractivity contribution in [2.45, 2.75) is 33.9 Å². The first-order chi connectivity index (χ1) is 11.0. The summed E-state index contributed by atoms with van der Waals surface area (Å²) in [5.41, 5.74) is 6.19. The van der Waals surface area contributed by atoms with Crippen molar-refractivity contribution in [3.63, 3.8) is 0 Å². The fourth-order valence-corrected chi connectivity index (χ4v) is 3.48. The molecule has 0 bridgehead atoms. The largest absolute Gasteiger partial charge is 0.435 e. The van der Waals surface area contributed by atoms with Crippen LogP contribution in [-0.2, 0) is 0 Å². The topological polar surface area (TPSA) is 32.5 Å². The Bertz CT molecular complexity index is 954. The highest BCUT2D eigenvalue weighted by molar-refractivity contribution is 6.10. The van der Waals surface area contributed by atoms with Gasteiger partial charge in [0, 0.05) is 30.5 Å². The van der Waals surface area contributed by atoms with Crippen molar-refractivity contribution in [3.05, 3.63) is 47.4 Å². The molecule has 1 aliphatic heterocycles. The molecular weight excluding hydrogens is 286 g/mol. The summed E-state index contributed by atoms with van der Waals surface area (Å²) in [6.45, 7) is 8.45. The van der Waals surface area contributed by atoms with Crippen LogP contribution in [0.25, 0.3) is 22.1 Å². The Morgan fingerprint density at radius 3 is 2.57 bits per heavy atom. The highest BCUT2D eigenvalue weighted by Gasteiger charge is 2.26. The zero-order valence-corrected chi connectivity index (χ0v) is 14.2. The molecule has 0 radical (unpaired) electrons. The molecule has 0 aliphatic carbocycles. The van der Waals surface area contributed by atoms with Crippen LogP contribution in [0.4, 0.5) is 5.69 Å². The number of rotatable bonds is 1. The standard InChI is InChI=1S/C19H21N3O/c1-11-6-7-15-16-12(2)10-13(3)20-19(16)23-18(15)17(11)22-9-8-21(5)14(22)4/h6-10,14H,1-5H3/t14-/m0/s1. The number of pyridine rings is 1. The van der Waals surface area contributed by atoms with E-state index in [1.165, 1.54) is 11.1 Å². The van der Waals surface area contributed by atoms with Crippen LogP contribution >= 0.6 is 0 Å². The monoisotopic (exact) mass is 307 g/mol. The molecule has 23 heavy (non-hydrogen) atoms. The lowest BCUT2D eigenvalue weighted by Gasteiger charge is -2.28. The normalized spacial score (nSPS) is 17.9. The van der Waals surface area contributed by atoms with Gasteiger partial charge in [0.1, 0.15) is 6.17 Å². The Hall–Kier alpha value is -2.49. The third-order valence-electron chi connectivity index (χ3n) is 4.83. The summed E-state index contributed by atoms with van der Waals surface area (Å²) in [6, 6.07) is 6.44. The molecule has 1 atom stereocenters. The molecule has 1 aliphatic rings. The third kappa shape index (κ3) is 1.94. The van der Waals surface area contributed by atoms with E-state index in [-0.39, 0.29) is 6.17 Å². The minimum Gasteiger partial charge on any atom is -0.435 e. The van der Waals surface area contributed by atoms with E-state index in [2.05, 4.69) is 73.2 Å². The lowest BCUT2D eigenvalue weighted by atomic mass is 10.1. The predicted octanol–water partition coefficient (Wildman–Crippen LogP) is 4.48. The number of furan rings is 1. The van der Waals surface area contributed by atoms with Gasteiger partial charge in [-0.15, -0.1) is 0 Å². The maximum absolute atomic E-state index is 6.22. The van der Waals surface area contributed by atoms with E-state index in [9.17, 15) is 0 Å². The minimum absolute atomic E-state index is 0.267. The number of fused-ring (bicyclic) bond motifs is 3. The fraction of sp³-hybridized carbons (Fsp3) is 0.316. The number of hydrogen-bond acceptors (Lipinski definition) is 4. The van der Waals surface area contributed by atoms with E-state index >= 15 is 0 Å². The van der Waals surface area contributed by atoms with Gasteiger partial charge < -0.3 is 14.2 Å². The number of aromatic nitrogens is 1. The third-order valence-corrected chi connectivity index (χ3v) is 4.83. The lowest BCUT2D eigenvalue weighted by molar-refractivity contribution is 0.383. The molecule has 0 amide bonds. The van der Waals surface area contributed by atoms with Crippen molar-refractivity contribution in [2.24, 2.45) is 0 Å². The predicted molar refractivity (Wildman–Crippen MR) is 94.6 cm³/mol. The fourth-order valence-electron chi connectivity index (χ4n) is 3.48. The number of anilines is 1. The van der Waals surface area contributed by atoms with Crippen LogP contribution in [0.2, 0.25) is 0 Å². The van der Waals surface area contributed by atoms with Crippen LogP contribution < -0.4 is 4.90 Å². The number of nitrogens with zero attached hydrogens (tertiary/aromatic N) is 3. The van der Waals surface area contributed by atoms with Crippen LogP contribution in [0.15, 0.2) is 35.0 Å². The molecular formula is C19H21N3O. The number of hydrogen-bond donors (Lipinski definition) is 0. The van der Waals surface area contributed by atoms with Gasteiger partial charge in [0.2, 0.25) is 5.71 Å². The zero-order valence-electron chi connectivity index (χ0n) is 14.2. The van der Waals surface area contributed by atoms with Crippen molar-refractivity contribution in [2.75, 3.05) is 11.9 Å². The lowest BCUT2D eigenvalue weighted by Crippen LogP contribution is -2.33. The second-order valence-corrected chi connectivity index (χ2v) is 6.47. The van der Waals surface area contributed by atoms with Crippen LogP contribution in [0.3, 0.4) is 0 Å². The van der Waals surface area contributed by atoms with E-state index in [0.29, 0.717) is 0 Å². The van der Waals surface area contributed by atoms with Crippen molar-refractivity contribution in [3.8, 4) is 0 Å². The number of benzene rings is 1. The van der Waals surface area contributed by atoms with Crippen LogP contribution in [0.1, 0.15) is 23.7 Å². The Kier molecular flexibility index (Phi) is 2.92. The molecule has 4 heteroatoms. The minimum atomic E-state index is 0.267. The second kappa shape index (κ2) is 4.75. The van der Waals surface area contributed by atoms with Crippen molar-refractivity contribution in [1.29, 1.82) is 0 Å². The summed E-state index contributed by atoms with van der Waals surface area (Å²) < 4.78 is 6.22. The van der Waals surface area contributed by atoms with Crippen molar-refractivity contribution >= 4 is 27.8 Å². The Labute approximate surface area is 136 Å². The van der Waals surface area contributed by atoms with Gasteiger partial charge >= 0.3 is 0 Å². The molecule has 0 saturated carbocycles. The van der Waals surface area contributed by atoms with Gasteiger partial charge in [0.15, 0.2) is 5.58 Å². The van der Waals surface area contributed by atoms with Crippen molar-refractivity contribution < 1.29 is 4.42 Å². The van der Waals surface area contributed by atoms with Gasteiger partial charge in [0.25, 0.3) is 0 Å². The SMILES string of the molecule is Cc1cc(C)c2c(n1)oc1c(N3C=CN(C)[C@@H]3C)c(C)ccc12. The van der Waals surface area contributed by atoms with E-state index < -0.39 is 0 Å². The molecule has 3 aromatic rings. The first-order valence-corrected chi connectivity index (χ1v) is 7.96. The van der Waals surface area contributed by atoms with Gasteiger partial charge in [-0.2, -0.15) is 0 Å². The maximum atomic E-state index is 6.22. The molecule has 0 spiro atoms. The molecule has 3 heterocycles. The molecule has 118 valence electrons. The first kappa shape index (κ1) is 14.1. The maximum Gasteiger partial charge on any atom is 0.227 e. The van der Waals surface area contributed by atoms with Gasteiger partial charge in [-0.1, -0.05) is 6.07 Å². The van der Waals surface area contributed by atoms with Gasteiger partial charge in [-0.25, -0.2) is 4.98 Å². The Morgan fingerprint density at radius 2 is 1.87 bits per heavy atom. The molecule has 4 nitrogen and oxygen atoms in total. The Balaban J connectivity index is 2.07. The smallest absolute Gasteiger partial charge is 0.227 e. The first-order valence-electron chi connectivity index (χ1n) is 7.96. The zero-order chi connectivity index (χ0) is 16.3. The average Bonchev–Trinajstić information content (AvgIpc) is 3.01. The summed E-state index contributed by atoms with van der Waals surface area (Å²) >= 11 is 0. The van der Waals surface area contributed by atoms with Gasteiger partial charge in [-0.05, 0) is 51.0 Å². The Morgan fingerprint density at radius 1 is 1.09 bits per heavy atom. The van der Waals surface area contributed by atoms with Crippen LogP contribution in [0, 0.1) is 20.8 Å². The summed E-state index contributed by atoms with van der Waals surface area (Å²) in [7, 11) is 2.09. The molecule has 4 rings (SSSR count). The van der Waals surface area contributed by atoms with Gasteiger partial charge in [0.05, 0.1) is 11.1 Å². The highest BCUT2D eigenvalue weighted by Crippen LogP contribution is 2.40. The van der Waals surface area contributed by atoms with Crippen LogP contribution in [-0.4, -0.2) is 23.1 Å². The summed E-state index contributed by atoms with van der Waals surface area (Å²) in [5.74, 6) is 0. The van der Waals surface area contributed by atoms with E-state index in [4.69, 9.17) is 4.42 Å². The van der Waals surface area contributed by atoms with Crippen molar-refractivity contribution in [1.82, 2.24) is 9.88 Å². The van der Waals surface area contributed by atoms with E-state index in [0.717, 1.165) is 33.5 Å². The summed E-state index contributed by atoms with van der Waals surface area (Å²) in [5, 5.41) is 2.26. The van der Waals surface area contributed by atoms with Crippen LogP contribution in [0.5, 0.6) is 0 Å². The molecule has 0 saturated heterocycles. The highest BCUT2D eigenvalue weighted by atomic mass is 16.3. The van der Waals surface area contributed by atoms with Gasteiger partial charge in [-0.3, -0.25) is 0 Å². The second-order valence-electron chi connectivity index (χ2n) is 6.47. The summed E-state index contributed by atoms with van der Waals surface area (Å²) in [6.07, 6.45) is 4.48. The number of aryl methyl sites for hydroxylation is 3. The molecule has 0 unspecified atom stereocenters. The van der Waals surface area contributed by atoms with E-state index in [1.807, 2.05) is 6.92 Å². The molecule has 1 aromatic carbocycles. The summed E-state index contributed by atoms with van der Waals surface area (Å²) in [4.78, 5) is 9.05.